The molecule has 0 bridgehead atoms. The number of aliphatic hydroxyl groups is 2. The minimum Gasteiger partial charge on any atom is -0.389 e. The number of likely N-dealkylation sites (N-methyl/N-ethyl adjacent to an activating group) is 1. The predicted molar refractivity (Wildman–Crippen MR) is 67.3 cm³/mol. The van der Waals surface area contributed by atoms with Crippen LogP contribution in [0.3, 0.4) is 0 Å². The van der Waals surface area contributed by atoms with Crippen LogP contribution in [0.1, 0.15) is 11.7 Å². The lowest BCUT2D eigenvalue weighted by molar-refractivity contribution is 0.0203. The molecule has 0 amide bonds. The van der Waals surface area contributed by atoms with Crippen molar-refractivity contribution in [2.24, 2.45) is 0 Å². The summed E-state index contributed by atoms with van der Waals surface area (Å²) in [6.45, 7) is 0.280. The molecule has 2 atom stereocenters. The van der Waals surface area contributed by atoms with E-state index >= 15 is 0 Å². The summed E-state index contributed by atoms with van der Waals surface area (Å²) in [5.41, 5.74) is 0.798. The molecule has 0 saturated heterocycles. The Balaban J connectivity index is 2.38. The lowest BCUT2D eigenvalue weighted by Gasteiger charge is -2.17. The van der Waals surface area contributed by atoms with E-state index in [0.29, 0.717) is 16.5 Å². The number of aliphatic hydroxyl groups excluding tert-OH is 2. The second-order valence-corrected chi connectivity index (χ2v) is 4.08. The summed E-state index contributed by atoms with van der Waals surface area (Å²) in [6.07, 6.45) is -0.609. The Morgan fingerprint density at radius 1 is 1.44 bits per heavy atom. The van der Waals surface area contributed by atoms with Crippen molar-refractivity contribution in [3.05, 3.63) is 40.4 Å². The zero-order chi connectivity index (χ0) is 13.1. The van der Waals surface area contributed by atoms with Gasteiger partial charge in [0.05, 0.1) is 23.3 Å². The minimum atomic E-state index is -1.01. The van der Waals surface area contributed by atoms with Crippen LogP contribution in [0.25, 0.3) is 10.9 Å². The molecule has 0 saturated carbocycles. The number of rotatable bonds is 4. The van der Waals surface area contributed by atoms with Gasteiger partial charge in [-0.05, 0) is 24.7 Å². The molecular weight excluding hydrogens is 234 g/mol. The highest BCUT2D eigenvalue weighted by Gasteiger charge is 2.18. The van der Waals surface area contributed by atoms with Gasteiger partial charge >= 0.3 is 0 Å². The number of fused-ring (bicyclic) bond motifs is 1. The van der Waals surface area contributed by atoms with Gasteiger partial charge in [0.1, 0.15) is 6.10 Å². The van der Waals surface area contributed by atoms with Crippen molar-refractivity contribution >= 4 is 10.9 Å². The Morgan fingerprint density at radius 3 is 2.94 bits per heavy atom. The summed E-state index contributed by atoms with van der Waals surface area (Å²) in [5, 5.41) is 22.9. The average molecular weight is 249 g/mol. The first kappa shape index (κ1) is 12.7. The highest BCUT2D eigenvalue weighted by atomic mass is 16.3. The Labute approximate surface area is 103 Å². The molecule has 0 aliphatic carbocycles. The first-order valence-electron chi connectivity index (χ1n) is 5.61. The van der Waals surface area contributed by atoms with Gasteiger partial charge in [0, 0.05) is 6.54 Å². The predicted octanol–water partition coefficient (Wildman–Crippen LogP) is -0.463. The Bertz CT molecular complexity index is 596. The van der Waals surface area contributed by atoms with Crippen molar-refractivity contribution in [1.82, 2.24) is 15.3 Å². The van der Waals surface area contributed by atoms with Crippen LogP contribution >= 0.6 is 0 Å². The summed E-state index contributed by atoms with van der Waals surface area (Å²) < 4.78 is 0. The van der Waals surface area contributed by atoms with Crippen molar-refractivity contribution < 1.29 is 10.2 Å². The number of aromatic amines is 1. The van der Waals surface area contributed by atoms with Crippen molar-refractivity contribution in [2.75, 3.05) is 13.6 Å². The number of hydrogen-bond acceptors (Lipinski definition) is 5. The fourth-order valence-corrected chi connectivity index (χ4v) is 1.81. The van der Waals surface area contributed by atoms with Gasteiger partial charge in [-0.2, -0.15) is 0 Å². The van der Waals surface area contributed by atoms with Crippen LogP contribution < -0.4 is 10.9 Å². The molecule has 2 unspecified atom stereocenters. The van der Waals surface area contributed by atoms with E-state index in [-0.39, 0.29) is 12.1 Å². The molecule has 4 N–H and O–H groups in total. The maximum atomic E-state index is 11.5. The second kappa shape index (κ2) is 5.26. The molecular formula is C12H15N3O3. The van der Waals surface area contributed by atoms with E-state index in [1.165, 1.54) is 6.33 Å². The fraction of sp³-hybridized carbons (Fsp3) is 0.333. The van der Waals surface area contributed by atoms with E-state index in [2.05, 4.69) is 15.3 Å². The highest BCUT2D eigenvalue weighted by molar-refractivity contribution is 5.77. The molecule has 96 valence electrons. The first-order valence-corrected chi connectivity index (χ1v) is 5.61. The maximum Gasteiger partial charge on any atom is 0.258 e. The van der Waals surface area contributed by atoms with Crippen molar-refractivity contribution in [1.29, 1.82) is 0 Å². The van der Waals surface area contributed by atoms with Crippen molar-refractivity contribution in [3.8, 4) is 0 Å². The molecule has 2 aromatic rings. The summed E-state index contributed by atoms with van der Waals surface area (Å²) in [5.74, 6) is 0. The Kier molecular flexibility index (Phi) is 3.71. The monoisotopic (exact) mass is 249 g/mol. The molecule has 6 nitrogen and oxygen atoms in total. The number of benzene rings is 1. The van der Waals surface area contributed by atoms with Crippen LogP contribution in [0.15, 0.2) is 29.3 Å². The first-order chi connectivity index (χ1) is 8.63. The lowest BCUT2D eigenvalue weighted by Crippen LogP contribution is -2.29. The van der Waals surface area contributed by atoms with Gasteiger partial charge < -0.3 is 20.5 Å². The van der Waals surface area contributed by atoms with Crippen LogP contribution in [0.5, 0.6) is 0 Å². The molecule has 0 spiro atoms. The fourth-order valence-electron chi connectivity index (χ4n) is 1.81. The van der Waals surface area contributed by atoms with Crippen LogP contribution in [0, 0.1) is 0 Å². The number of hydrogen-bond donors (Lipinski definition) is 4. The molecule has 1 aromatic carbocycles. The SMILES string of the molecule is CNCC(O)C(O)c1ccc2c(=O)[nH]cnc2c1. The number of aromatic nitrogens is 2. The minimum absolute atomic E-state index is 0.225. The van der Waals surface area contributed by atoms with E-state index in [0.717, 1.165) is 0 Å². The molecule has 6 heteroatoms. The van der Waals surface area contributed by atoms with Crippen molar-refractivity contribution in [2.45, 2.75) is 12.2 Å². The molecule has 0 aliphatic rings. The molecule has 1 aromatic heterocycles. The number of nitrogens with zero attached hydrogens (tertiary/aromatic N) is 1. The summed E-state index contributed by atoms with van der Waals surface area (Å²) >= 11 is 0. The highest BCUT2D eigenvalue weighted by Crippen LogP contribution is 2.19. The van der Waals surface area contributed by atoms with Gasteiger partial charge in [-0.25, -0.2) is 4.98 Å². The van der Waals surface area contributed by atoms with E-state index < -0.39 is 12.2 Å². The number of nitrogens with one attached hydrogen (secondary N) is 2. The molecule has 18 heavy (non-hydrogen) atoms. The maximum absolute atomic E-state index is 11.5. The van der Waals surface area contributed by atoms with Crippen LogP contribution in [0.2, 0.25) is 0 Å². The number of H-pyrrole nitrogens is 1. The zero-order valence-corrected chi connectivity index (χ0v) is 9.92. The average Bonchev–Trinajstić information content (AvgIpc) is 2.38. The Hall–Kier alpha value is -1.76. The molecule has 0 aliphatic heterocycles. The molecule has 1 heterocycles. The third kappa shape index (κ3) is 2.40. The van der Waals surface area contributed by atoms with Gasteiger partial charge in [-0.3, -0.25) is 4.79 Å². The lowest BCUT2D eigenvalue weighted by atomic mass is 10.0. The van der Waals surface area contributed by atoms with Crippen LogP contribution in [-0.4, -0.2) is 39.9 Å². The summed E-state index contributed by atoms with van der Waals surface area (Å²) in [7, 11) is 1.69. The van der Waals surface area contributed by atoms with Gasteiger partial charge in [0.2, 0.25) is 0 Å². The smallest absolute Gasteiger partial charge is 0.258 e. The van der Waals surface area contributed by atoms with E-state index in [1.807, 2.05) is 0 Å². The van der Waals surface area contributed by atoms with Gasteiger partial charge in [-0.1, -0.05) is 6.07 Å². The summed E-state index contributed by atoms with van der Waals surface area (Å²) in [6, 6.07) is 4.81. The third-order valence-electron chi connectivity index (χ3n) is 2.78. The normalized spacial score (nSPS) is 14.6. The van der Waals surface area contributed by atoms with E-state index in [9.17, 15) is 15.0 Å². The standard InChI is InChI=1S/C12H15N3O3/c1-13-5-10(16)11(17)7-2-3-8-9(4-7)14-6-15-12(8)18/h2-4,6,10-11,13,16-17H,5H2,1H3,(H,14,15,18). The van der Waals surface area contributed by atoms with E-state index in [1.54, 1.807) is 25.2 Å². The van der Waals surface area contributed by atoms with E-state index in [4.69, 9.17) is 0 Å². The summed E-state index contributed by atoms with van der Waals surface area (Å²) in [4.78, 5) is 18.0. The van der Waals surface area contributed by atoms with Gasteiger partial charge in [0.15, 0.2) is 0 Å². The molecule has 0 fully saturated rings. The molecule has 0 radical (unpaired) electrons. The second-order valence-electron chi connectivity index (χ2n) is 4.08. The zero-order valence-electron chi connectivity index (χ0n) is 9.92. The topological polar surface area (TPSA) is 98.2 Å². The van der Waals surface area contributed by atoms with Crippen molar-refractivity contribution in [3.63, 3.8) is 0 Å². The Morgan fingerprint density at radius 2 is 2.22 bits per heavy atom. The quantitative estimate of drug-likeness (QED) is 0.587. The van der Waals surface area contributed by atoms with Crippen LogP contribution in [-0.2, 0) is 0 Å². The largest absolute Gasteiger partial charge is 0.389 e. The van der Waals surface area contributed by atoms with Crippen LogP contribution in [0.4, 0.5) is 0 Å². The van der Waals surface area contributed by atoms with Gasteiger partial charge in [0.25, 0.3) is 5.56 Å². The third-order valence-corrected chi connectivity index (χ3v) is 2.78. The van der Waals surface area contributed by atoms with Gasteiger partial charge in [-0.15, -0.1) is 0 Å². The molecule has 2 rings (SSSR count).